The van der Waals surface area contributed by atoms with Crippen molar-refractivity contribution in [1.82, 2.24) is 15.1 Å². The van der Waals surface area contributed by atoms with Gasteiger partial charge in [-0.3, -0.25) is 14.4 Å². The lowest BCUT2D eigenvalue weighted by molar-refractivity contribution is -0.144. The topological polar surface area (TPSA) is 69.7 Å². The van der Waals surface area contributed by atoms with Gasteiger partial charge in [-0.15, -0.1) is 0 Å². The fraction of sp³-hybridized carbons (Fsp3) is 0.571. The van der Waals surface area contributed by atoms with Crippen LogP contribution in [0.2, 0.25) is 0 Å². The SMILES string of the molecule is CCC(C(=O)N1CCC(NC(=O)c2ccccc2C)CC1)N1CCCC1=O. The van der Waals surface area contributed by atoms with Gasteiger partial charge in [0.2, 0.25) is 11.8 Å². The average Bonchev–Trinajstić information content (AvgIpc) is 3.09. The van der Waals surface area contributed by atoms with Crippen molar-refractivity contribution in [2.45, 2.75) is 58.0 Å². The maximum atomic E-state index is 12.9. The molecule has 0 radical (unpaired) electrons. The van der Waals surface area contributed by atoms with Crippen LogP contribution in [-0.4, -0.2) is 59.2 Å². The van der Waals surface area contributed by atoms with Gasteiger partial charge in [-0.1, -0.05) is 25.1 Å². The molecule has 2 fully saturated rings. The second-order valence-corrected chi connectivity index (χ2v) is 7.50. The molecule has 0 saturated carbocycles. The van der Waals surface area contributed by atoms with Crippen molar-refractivity contribution >= 4 is 17.7 Å². The minimum absolute atomic E-state index is 0.0491. The summed E-state index contributed by atoms with van der Waals surface area (Å²) in [4.78, 5) is 41.0. The summed E-state index contributed by atoms with van der Waals surface area (Å²) < 4.78 is 0. The molecule has 0 aromatic heterocycles. The molecule has 1 aromatic carbocycles. The number of hydrogen-bond acceptors (Lipinski definition) is 3. The average molecular weight is 371 g/mol. The van der Waals surface area contributed by atoms with E-state index in [-0.39, 0.29) is 29.8 Å². The standard InChI is InChI=1S/C21H29N3O3/c1-3-18(24-12-6-9-19(24)25)21(27)23-13-10-16(11-14-23)22-20(26)17-8-5-4-7-15(17)2/h4-5,7-8,16,18H,3,6,9-14H2,1-2H3,(H,22,26). The molecule has 6 heteroatoms. The van der Waals surface area contributed by atoms with Crippen LogP contribution < -0.4 is 5.32 Å². The van der Waals surface area contributed by atoms with Crippen LogP contribution in [0.4, 0.5) is 0 Å². The van der Waals surface area contributed by atoms with E-state index in [4.69, 9.17) is 0 Å². The second-order valence-electron chi connectivity index (χ2n) is 7.50. The van der Waals surface area contributed by atoms with Gasteiger partial charge < -0.3 is 15.1 Å². The van der Waals surface area contributed by atoms with Crippen LogP contribution in [0.5, 0.6) is 0 Å². The number of piperidine rings is 1. The number of benzene rings is 1. The molecule has 2 aliphatic rings. The summed E-state index contributed by atoms with van der Waals surface area (Å²) in [6, 6.07) is 7.30. The van der Waals surface area contributed by atoms with E-state index in [0.29, 0.717) is 38.0 Å². The van der Waals surface area contributed by atoms with Gasteiger partial charge >= 0.3 is 0 Å². The lowest BCUT2D eigenvalue weighted by Crippen LogP contribution is -2.53. The Morgan fingerprint density at radius 3 is 2.48 bits per heavy atom. The molecule has 1 aromatic rings. The van der Waals surface area contributed by atoms with E-state index < -0.39 is 0 Å². The van der Waals surface area contributed by atoms with E-state index in [9.17, 15) is 14.4 Å². The van der Waals surface area contributed by atoms with Gasteiger partial charge in [0.05, 0.1) is 0 Å². The number of rotatable bonds is 5. The zero-order chi connectivity index (χ0) is 19.4. The Hall–Kier alpha value is -2.37. The van der Waals surface area contributed by atoms with Crippen LogP contribution in [0.15, 0.2) is 24.3 Å². The Labute approximate surface area is 160 Å². The predicted molar refractivity (Wildman–Crippen MR) is 103 cm³/mol. The Kier molecular flexibility index (Phi) is 6.14. The molecule has 1 atom stereocenters. The van der Waals surface area contributed by atoms with Crippen molar-refractivity contribution in [2.24, 2.45) is 0 Å². The van der Waals surface area contributed by atoms with E-state index in [1.807, 2.05) is 43.0 Å². The first kappa shape index (κ1) is 19.4. The Morgan fingerprint density at radius 2 is 1.89 bits per heavy atom. The number of hydrogen-bond donors (Lipinski definition) is 1. The first-order valence-electron chi connectivity index (χ1n) is 9.96. The van der Waals surface area contributed by atoms with Crippen LogP contribution in [0.3, 0.4) is 0 Å². The van der Waals surface area contributed by atoms with E-state index in [1.54, 1.807) is 4.90 Å². The molecule has 146 valence electrons. The van der Waals surface area contributed by atoms with Gasteiger partial charge in [-0.25, -0.2) is 0 Å². The normalized spacial score (nSPS) is 19.3. The second kappa shape index (κ2) is 8.55. The number of likely N-dealkylation sites (tertiary alicyclic amines) is 2. The first-order valence-corrected chi connectivity index (χ1v) is 9.96. The molecule has 0 aliphatic carbocycles. The van der Waals surface area contributed by atoms with Crippen LogP contribution >= 0.6 is 0 Å². The van der Waals surface area contributed by atoms with E-state index >= 15 is 0 Å². The zero-order valence-electron chi connectivity index (χ0n) is 16.2. The highest BCUT2D eigenvalue weighted by Gasteiger charge is 2.35. The summed E-state index contributed by atoms with van der Waals surface area (Å²) >= 11 is 0. The highest BCUT2D eigenvalue weighted by molar-refractivity contribution is 5.95. The number of nitrogens with zero attached hydrogens (tertiary/aromatic N) is 2. The molecular weight excluding hydrogens is 342 g/mol. The largest absolute Gasteiger partial charge is 0.349 e. The quantitative estimate of drug-likeness (QED) is 0.862. The van der Waals surface area contributed by atoms with Gasteiger partial charge in [-0.2, -0.15) is 0 Å². The maximum absolute atomic E-state index is 12.9. The van der Waals surface area contributed by atoms with Crippen molar-refractivity contribution in [3.05, 3.63) is 35.4 Å². The van der Waals surface area contributed by atoms with Crippen LogP contribution in [0.1, 0.15) is 54.9 Å². The summed E-state index contributed by atoms with van der Waals surface area (Å²) in [7, 11) is 0. The maximum Gasteiger partial charge on any atom is 0.251 e. The van der Waals surface area contributed by atoms with Crippen LogP contribution in [-0.2, 0) is 9.59 Å². The Balaban J connectivity index is 1.53. The lowest BCUT2D eigenvalue weighted by Gasteiger charge is -2.36. The summed E-state index contributed by atoms with van der Waals surface area (Å²) in [6.07, 6.45) is 3.53. The fourth-order valence-electron chi connectivity index (χ4n) is 4.07. The van der Waals surface area contributed by atoms with Gasteiger partial charge in [0.15, 0.2) is 0 Å². The molecule has 6 nitrogen and oxygen atoms in total. The zero-order valence-corrected chi connectivity index (χ0v) is 16.2. The van der Waals surface area contributed by atoms with Crippen molar-refractivity contribution in [2.75, 3.05) is 19.6 Å². The molecule has 2 saturated heterocycles. The molecule has 3 rings (SSSR count). The summed E-state index contributed by atoms with van der Waals surface area (Å²) in [5, 5.41) is 3.10. The van der Waals surface area contributed by atoms with Crippen LogP contribution in [0, 0.1) is 6.92 Å². The summed E-state index contributed by atoms with van der Waals surface area (Å²) in [6.45, 7) is 5.82. The molecular formula is C21H29N3O3. The third kappa shape index (κ3) is 4.31. The van der Waals surface area contributed by atoms with Gasteiger partial charge in [0.25, 0.3) is 5.91 Å². The monoisotopic (exact) mass is 371 g/mol. The first-order chi connectivity index (χ1) is 13.0. The third-order valence-corrected chi connectivity index (χ3v) is 5.69. The minimum Gasteiger partial charge on any atom is -0.349 e. The van der Waals surface area contributed by atoms with Gasteiger partial charge in [-0.05, 0) is 44.2 Å². The van der Waals surface area contributed by atoms with Crippen molar-refractivity contribution < 1.29 is 14.4 Å². The Morgan fingerprint density at radius 1 is 1.19 bits per heavy atom. The molecule has 27 heavy (non-hydrogen) atoms. The van der Waals surface area contributed by atoms with Gasteiger partial charge in [0.1, 0.15) is 6.04 Å². The molecule has 2 aliphatic heterocycles. The summed E-state index contributed by atoms with van der Waals surface area (Å²) in [5.41, 5.74) is 1.67. The van der Waals surface area contributed by atoms with Crippen molar-refractivity contribution in [3.8, 4) is 0 Å². The number of carbonyl (C=O) groups excluding carboxylic acids is 3. The smallest absolute Gasteiger partial charge is 0.251 e. The molecule has 1 unspecified atom stereocenters. The molecule has 2 heterocycles. The predicted octanol–water partition coefficient (Wildman–Crippen LogP) is 2.12. The number of aryl methyl sites for hydroxylation is 1. The van der Waals surface area contributed by atoms with Gasteiger partial charge in [0, 0.05) is 37.7 Å². The highest BCUT2D eigenvalue weighted by atomic mass is 16.2. The molecule has 0 spiro atoms. The number of carbonyl (C=O) groups is 3. The highest BCUT2D eigenvalue weighted by Crippen LogP contribution is 2.20. The lowest BCUT2D eigenvalue weighted by atomic mass is 10.0. The molecule has 0 bridgehead atoms. The number of amides is 3. The van der Waals surface area contributed by atoms with E-state index in [0.717, 1.165) is 24.8 Å². The van der Waals surface area contributed by atoms with E-state index in [2.05, 4.69) is 5.32 Å². The van der Waals surface area contributed by atoms with E-state index in [1.165, 1.54) is 0 Å². The molecule has 3 amide bonds. The minimum atomic E-state index is -0.335. The third-order valence-electron chi connectivity index (χ3n) is 5.69. The van der Waals surface area contributed by atoms with Crippen molar-refractivity contribution in [3.63, 3.8) is 0 Å². The fourth-order valence-corrected chi connectivity index (χ4v) is 4.07. The molecule has 1 N–H and O–H groups in total. The number of nitrogens with one attached hydrogen (secondary N) is 1. The van der Waals surface area contributed by atoms with Crippen molar-refractivity contribution in [1.29, 1.82) is 0 Å². The van der Waals surface area contributed by atoms with Crippen LogP contribution in [0.25, 0.3) is 0 Å². The Bertz CT molecular complexity index is 710. The summed E-state index contributed by atoms with van der Waals surface area (Å²) in [5.74, 6) is 0.0963.